The molecule has 0 aliphatic heterocycles. The van der Waals surface area contributed by atoms with Crippen LogP contribution in [0.3, 0.4) is 0 Å². The van der Waals surface area contributed by atoms with Gasteiger partial charge in [0.1, 0.15) is 10.6 Å². The SMILES string of the molecule is CC1(c2ccccc2)CC1(Cl)c1ccco1. The third-order valence-electron chi connectivity index (χ3n) is 3.67. The molecule has 0 spiro atoms. The van der Waals surface area contributed by atoms with E-state index >= 15 is 0 Å². The van der Waals surface area contributed by atoms with Gasteiger partial charge in [-0.2, -0.15) is 0 Å². The van der Waals surface area contributed by atoms with Gasteiger partial charge < -0.3 is 4.42 Å². The lowest BCUT2D eigenvalue weighted by atomic mass is 9.94. The highest BCUT2D eigenvalue weighted by Gasteiger charge is 2.67. The number of halogens is 1. The van der Waals surface area contributed by atoms with Crippen LogP contribution in [0.1, 0.15) is 24.7 Å². The van der Waals surface area contributed by atoms with Crippen molar-refractivity contribution in [1.29, 1.82) is 0 Å². The molecule has 1 aliphatic carbocycles. The Hall–Kier alpha value is -1.21. The summed E-state index contributed by atoms with van der Waals surface area (Å²) in [4.78, 5) is -0.363. The average Bonchev–Trinajstić information content (AvgIpc) is 2.75. The molecule has 2 unspecified atom stereocenters. The average molecular weight is 233 g/mol. The van der Waals surface area contributed by atoms with Gasteiger partial charge in [0.05, 0.1) is 6.26 Å². The number of benzene rings is 1. The van der Waals surface area contributed by atoms with Gasteiger partial charge in [-0.05, 0) is 24.1 Å². The maximum absolute atomic E-state index is 6.66. The topological polar surface area (TPSA) is 13.1 Å². The van der Waals surface area contributed by atoms with Gasteiger partial charge in [-0.3, -0.25) is 0 Å². The maximum atomic E-state index is 6.66. The standard InChI is InChI=1S/C14H13ClO/c1-13(11-6-3-2-4-7-11)10-14(13,15)12-8-5-9-16-12/h2-9H,10H2,1H3. The zero-order chi connectivity index (χ0) is 11.2. The molecule has 2 atom stereocenters. The summed E-state index contributed by atoms with van der Waals surface area (Å²) in [5, 5.41) is 0. The van der Waals surface area contributed by atoms with Crippen LogP contribution in [0.5, 0.6) is 0 Å². The molecule has 1 aromatic carbocycles. The Balaban J connectivity index is 2.00. The van der Waals surface area contributed by atoms with Crippen molar-refractivity contribution in [3.05, 3.63) is 60.1 Å². The summed E-state index contributed by atoms with van der Waals surface area (Å²) in [6, 6.07) is 14.2. The molecule has 1 nitrogen and oxygen atoms in total. The van der Waals surface area contributed by atoms with Gasteiger partial charge in [-0.25, -0.2) is 0 Å². The lowest BCUT2D eigenvalue weighted by molar-refractivity contribution is 0.481. The second kappa shape index (κ2) is 3.14. The monoisotopic (exact) mass is 232 g/mol. The molecule has 16 heavy (non-hydrogen) atoms. The highest BCUT2D eigenvalue weighted by Crippen LogP contribution is 2.68. The van der Waals surface area contributed by atoms with Gasteiger partial charge in [-0.15, -0.1) is 11.6 Å². The first kappa shape index (κ1) is 9.98. The zero-order valence-corrected chi connectivity index (χ0v) is 9.87. The molecule has 1 fully saturated rings. The first-order valence-electron chi connectivity index (χ1n) is 5.45. The molecule has 0 bridgehead atoms. The van der Waals surface area contributed by atoms with E-state index in [-0.39, 0.29) is 10.3 Å². The summed E-state index contributed by atoms with van der Waals surface area (Å²) < 4.78 is 5.45. The molecule has 0 N–H and O–H groups in total. The van der Waals surface area contributed by atoms with E-state index in [0.717, 1.165) is 12.2 Å². The molecule has 1 saturated carbocycles. The first-order valence-corrected chi connectivity index (χ1v) is 5.83. The van der Waals surface area contributed by atoms with E-state index in [1.165, 1.54) is 5.56 Å². The van der Waals surface area contributed by atoms with Gasteiger partial charge in [0.25, 0.3) is 0 Å². The molecular weight excluding hydrogens is 220 g/mol. The summed E-state index contributed by atoms with van der Waals surface area (Å²) in [5.74, 6) is 0.875. The van der Waals surface area contributed by atoms with Crippen LogP contribution in [0.2, 0.25) is 0 Å². The molecule has 0 amide bonds. The summed E-state index contributed by atoms with van der Waals surface area (Å²) in [6.07, 6.45) is 2.61. The Kier molecular flexibility index (Phi) is 1.96. The van der Waals surface area contributed by atoms with Crippen LogP contribution < -0.4 is 0 Å². The Morgan fingerprint density at radius 3 is 2.50 bits per heavy atom. The molecule has 0 radical (unpaired) electrons. The highest BCUT2D eigenvalue weighted by molar-refractivity contribution is 6.27. The van der Waals surface area contributed by atoms with Crippen molar-refractivity contribution in [2.45, 2.75) is 23.6 Å². The van der Waals surface area contributed by atoms with E-state index in [1.54, 1.807) is 6.26 Å². The molecule has 1 aliphatic rings. The smallest absolute Gasteiger partial charge is 0.125 e. The predicted molar refractivity (Wildman–Crippen MR) is 64.7 cm³/mol. The fraction of sp³-hybridized carbons (Fsp3) is 0.286. The van der Waals surface area contributed by atoms with E-state index < -0.39 is 0 Å². The third kappa shape index (κ3) is 1.18. The molecule has 3 rings (SSSR count). The van der Waals surface area contributed by atoms with E-state index in [1.807, 2.05) is 18.2 Å². The Morgan fingerprint density at radius 1 is 1.12 bits per heavy atom. The van der Waals surface area contributed by atoms with Gasteiger partial charge in [-0.1, -0.05) is 37.3 Å². The van der Waals surface area contributed by atoms with Gasteiger partial charge in [0.2, 0.25) is 0 Å². The van der Waals surface area contributed by atoms with Crippen molar-refractivity contribution in [3.8, 4) is 0 Å². The quantitative estimate of drug-likeness (QED) is 0.712. The summed E-state index contributed by atoms with van der Waals surface area (Å²) in [7, 11) is 0. The zero-order valence-electron chi connectivity index (χ0n) is 9.11. The van der Waals surface area contributed by atoms with Crippen molar-refractivity contribution in [2.75, 3.05) is 0 Å². The van der Waals surface area contributed by atoms with Crippen molar-refractivity contribution in [2.24, 2.45) is 0 Å². The van der Waals surface area contributed by atoms with E-state index in [2.05, 4.69) is 31.2 Å². The van der Waals surface area contributed by atoms with Crippen molar-refractivity contribution < 1.29 is 4.42 Å². The van der Waals surface area contributed by atoms with Crippen molar-refractivity contribution >= 4 is 11.6 Å². The van der Waals surface area contributed by atoms with Gasteiger partial charge >= 0.3 is 0 Å². The van der Waals surface area contributed by atoms with Crippen molar-refractivity contribution in [3.63, 3.8) is 0 Å². The second-order valence-electron chi connectivity index (χ2n) is 4.65. The molecule has 2 aromatic rings. The van der Waals surface area contributed by atoms with Gasteiger partial charge in [0.15, 0.2) is 0 Å². The minimum absolute atomic E-state index is 0.00628. The van der Waals surface area contributed by atoms with Crippen LogP contribution in [0.4, 0.5) is 0 Å². The van der Waals surface area contributed by atoms with Crippen molar-refractivity contribution in [1.82, 2.24) is 0 Å². The second-order valence-corrected chi connectivity index (χ2v) is 5.30. The van der Waals surface area contributed by atoms with E-state index in [4.69, 9.17) is 16.0 Å². The lowest BCUT2D eigenvalue weighted by Crippen LogP contribution is -2.13. The largest absolute Gasteiger partial charge is 0.467 e. The van der Waals surface area contributed by atoms with Crippen LogP contribution in [0.25, 0.3) is 0 Å². The summed E-state index contributed by atoms with van der Waals surface area (Å²) in [6.45, 7) is 2.19. The number of hydrogen-bond donors (Lipinski definition) is 0. The predicted octanol–water partition coefficient (Wildman–Crippen LogP) is 4.08. The maximum Gasteiger partial charge on any atom is 0.125 e. The first-order chi connectivity index (χ1) is 7.67. The van der Waals surface area contributed by atoms with Crippen LogP contribution in [0, 0.1) is 0 Å². The summed E-state index contributed by atoms with van der Waals surface area (Å²) in [5.41, 5.74) is 1.27. The number of alkyl halides is 1. The minimum atomic E-state index is -0.363. The minimum Gasteiger partial charge on any atom is -0.467 e. The highest BCUT2D eigenvalue weighted by atomic mass is 35.5. The number of furan rings is 1. The Morgan fingerprint density at radius 2 is 1.88 bits per heavy atom. The van der Waals surface area contributed by atoms with Gasteiger partial charge in [0, 0.05) is 5.41 Å². The normalized spacial score (nSPS) is 32.6. The molecule has 2 heteroatoms. The van der Waals surface area contributed by atoms with Crippen LogP contribution >= 0.6 is 11.6 Å². The molecule has 1 heterocycles. The molecule has 1 aromatic heterocycles. The number of rotatable bonds is 2. The third-order valence-corrected chi connectivity index (χ3v) is 4.41. The van der Waals surface area contributed by atoms with Crippen LogP contribution in [0.15, 0.2) is 53.1 Å². The Labute approximate surface area is 100 Å². The molecule has 82 valence electrons. The fourth-order valence-electron chi connectivity index (χ4n) is 2.44. The van der Waals surface area contributed by atoms with E-state index in [0.29, 0.717) is 0 Å². The fourth-order valence-corrected chi connectivity index (χ4v) is 2.93. The summed E-state index contributed by atoms with van der Waals surface area (Å²) >= 11 is 6.66. The van der Waals surface area contributed by atoms with Crippen LogP contribution in [-0.4, -0.2) is 0 Å². The lowest BCUT2D eigenvalue weighted by Gasteiger charge is -2.15. The molecule has 0 saturated heterocycles. The number of hydrogen-bond acceptors (Lipinski definition) is 1. The van der Waals surface area contributed by atoms with Crippen LogP contribution in [-0.2, 0) is 10.3 Å². The molecular formula is C14H13ClO. The Bertz CT molecular complexity index is 491. The van der Waals surface area contributed by atoms with E-state index in [9.17, 15) is 0 Å².